The minimum Gasteiger partial charge on any atom is -0.462 e. The van der Waals surface area contributed by atoms with Gasteiger partial charge in [-0.3, -0.25) is 9.59 Å². The van der Waals surface area contributed by atoms with E-state index in [1.54, 1.807) is 0 Å². The summed E-state index contributed by atoms with van der Waals surface area (Å²) in [5.41, 5.74) is 0. The van der Waals surface area contributed by atoms with Crippen LogP contribution in [0.1, 0.15) is 239 Å². The Morgan fingerprint density at radius 2 is 0.682 bits per heavy atom. The Balaban J connectivity index is 4.36. The SMILES string of the molecule is CC/C=C\C/C=C\C/C=C\C/C=C\CCCCCOCC(COC(=O)CCCCCCCCCCC/C=C\C/C=C\CCCCC)OC(=O)CCCCCCC/C=C\C/C=C\C/C=C\CC. The maximum atomic E-state index is 12.8. The highest BCUT2D eigenvalue weighted by Crippen LogP contribution is 2.14. The minimum atomic E-state index is -0.571. The van der Waals surface area contributed by atoms with Gasteiger partial charge in [0.15, 0.2) is 6.10 Å². The van der Waals surface area contributed by atoms with Gasteiger partial charge in [-0.2, -0.15) is 0 Å². The molecule has 66 heavy (non-hydrogen) atoms. The lowest BCUT2D eigenvalue weighted by molar-refractivity contribution is -0.163. The monoisotopic (exact) mass is 915 g/mol. The van der Waals surface area contributed by atoms with Crippen LogP contribution >= 0.6 is 0 Å². The fraction of sp³-hybridized carbons (Fsp3) is 0.672. The van der Waals surface area contributed by atoms with Crippen LogP contribution in [0.15, 0.2) is 109 Å². The molecule has 0 rings (SSSR count). The predicted molar refractivity (Wildman–Crippen MR) is 288 cm³/mol. The van der Waals surface area contributed by atoms with Gasteiger partial charge in [0.2, 0.25) is 0 Å². The minimum absolute atomic E-state index is 0.0571. The summed E-state index contributed by atoms with van der Waals surface area (Å²) in [4.78, 5) is 25.5. The molecule has 0 aromatic carbocycles. The van der Waals surface area contributed by atoms with Gasteiger partial charge in [0.25, 0.3) is 0 Å². The van der Waals surface area contributed by atoms with Crippen LogP contribution in [-0.2, 0) is 23.8 Å². The summed E-state index contributed by atoms with van der Waals surface area (Å²) in [5, 5.41) is 0. The molecule has 5 nitrogen and oxygen atoms in total. The highest BCUT2D eigenvalue weighted by atomic mass is 16.6. The summed E-state index contributed by atoms with van der Waals surface area (Å²) >= 11 is 0. The lowest BCUT2D eigenvalue weighted by atomic mass is 10.1. The number of unbranched alkanes of at least 4 members (excludes halogenated alkanes) is 20. The Morgan fingerprint density at radius 1 is 0.348 bits per heavy atom. The molecule has 0 heterocycles. The maximum Gasteiger partial charge on any atom is 0.306 e. The van der Waals surface area contributed by atoms with Gasteiger partial charge in [-0.05, 0) is 122 Å². The maximum absolute atomic E-state index is 12.8. The Bertz CT molecular complexity index is 1310. The Hall–Kier alpha value is -3.44. The molecular formula is C61H102O5. The molecule has 0 bridgehead atoms. The van der Waals surface area contributed by atoms with Crippen LogP contribution in [-0.4, -0.2) is 37.9 Å². The molecule has 5 heteroatoms. The first-order valence-corrected chi connectivity index (χ1v) is 27.4. The number of carbonyl (C=O) groups is 2. The third kappa shape index (κ3) is 53.2. The summed E-state index contributed by atoms with van der Waals surface area (Å²) < 4.78 is 17.4. The van der Waals surface area contributed by atoms with Crippen molar-refractivity contribution in [3.05, 3.63) is 109 Å². The van der Waals surface area contributed by atoms with Crippen LogP contribution in [0.2, 0.25) is 0 Å². The molecule has 0 radical (unpaired) electrons. The summed E-state index contributed by atoms with van der Waals surface area (Å²) in [5.74, 6) is -0.442. The van der Waals surface area contributed by atoms with Crippen molar-refractivity contribution in [3.63, 3.8) is 0 Å². The number of hydrogen-bond donors (Lipinski definition) is 0. The smallest absolute Gasteiger partial charge is 0.306 e. The van der Waals surface area contributed by atoms with E-state index >= 15 is 0 Å². The normalized spacial score (nSPS) is 13.1. The van der Waals surface area contributed by atoms with Crippen molar-refractivity contribution >= 4 is 11.9 Å². The average Bonchev–Trinajstić information content (AvgIpc) is 3.32. The molecule has 0 aliphatic carbocycles. The fourth-order valence-corrected chi connectivity index (χ4v) is 7.25. The Morgan fingerprint density at radius 3 is 1.09 bits per heavy atom. The summed E-state index contributed by atoms with van der Waals surface area (Å²) in [6.07, 6.45) is 76.7. The van der Waals surface area contributed by atoms with E-state index in [9.17, 15) is 9.59 Å². The summed E-state index contributed by atoms with van der Waals surface area (Å²) in [6.45, 7) is 7.49. The molecular weight excluding hydrogens is 813 g/mol. The van der Waals surface area contributed by atoms with Gasteiger partial charge >= 0.3 is 11.9 Å². The van der Waals surface area contributed by atoms with Crippen LogP contribution in [0.4, 0.5) is 0 Å². The standard InChI is InChI=1S/C61H102O5/c1-4-7-10-13-16-19-22-25-28-30-31-32-34-36-39-42-45-48-51-54-60(62)65-58-59(57-64-56-53-50-47-44-41-38-35-29-26-23-20-17-14-11-8-5-2)66-61(63)55-52-49-46-43-40-37-33-27-24-21-18-15-12-9-6-3/h8-9,11-12,16-21,25-29,33,38,41,59H,4-7,10,13-15,22-24,30-32,34-37,39-40,42-58H2,1-3H3/b11-8-,12-9-,19-16-,20-17-,21-18-,28-25-,29-26-,33-27-,41-38-. The molecule has 0 aromatic heterocycles. The number of esters is 2. The van der Waals surface area contributed by atoms with Crippen LogP contribution in [0.3, 0.4) is 0 Å². The van der Waals surface area contributed by atoms with E-state index in [4.69, 9.17) is 14.2 Å². The van der Waals surface area contributed by atoms with Gasteiger partial charge in [-0.25, -0.2) is 0 Å². The van der Waals surface area contributed by atoms with E-state index in [2.05, 4.69) is 130 Å². The fourth-order valence-electron chi connectivity index (χ4n) is 7.25. The first-order chi connectivity index (χ1) is 32.6. The zero-order valence-corrected chi connectivity index (χ0v) is 43.2. The zero-order chi connectivity index (χ0) is 47.7. The van der Waals surface area contributed by atoms with Gasteiger partial charge in [-0.15, -0.1) is 0 Å². The molecule has 1 unspecified atom stereocenters. The molecule has 0 amide bonds. The van der Waals surface area contributed by atoms with Crippen molar-refractivity contribution in [2.75, 3.05) is 19.8 Å². The third-order valence-electron chi connectivity index (χ3n) is 11.3. The first kappa shape index (κ1) is 62.6. The molecule has 0 aromatic rings. The van der Waals surface area contributed by atoms with Crippen molar-refractivity contribution in [2.24, 2.45) is 0 Å². The number of hydrogen-bond acceptors (Lipinski definition) is 5. The Labute approximate surface area is 408 Å². The van der Waals surface area contributed by atoms with E-state index in [0.29, 0.717) is 19.4 Å². The topological polar surface area (TPSA) is 61.8 Å². The highest BCUT2D eigenvalue weighted by molar-refractivity contribution is 5.70. The number of carbonyl (C=O) groups excluding carboxylic acids is 2. The quantitative estimate of drug-likeness (QED) is 0.0346. The van der Waals surface area contributed by atoms with E-state index < -0.39 is 6.10 Å². The van der Waals surface area contributed by atoms with Crippen LogP contribution in [0, 0.1) is 0 Å². The van der Waals surface area contributed by atoms with Gasteiger partial charge in [-0.1, -0.05) is 214 Å². The van der Waals surface area contributed by atoms with E-state index in [-0.39, 0.29) is 25.2 Å². The van der Waals surface area contributed by atoms with Gasteiger partial charge < -0.3 is 14.2 Å². The van der Waals surface area contributed by atoms with Gasteiger partial charge in [0, 0.05) is 19.4 Å². The Kier molecular flexibility index (Phi) is 53.0. The summed E-state index contributed by atoms with van der Waals surface area (Å²) in [7, 11) is 0. The number of allylic oxidation sites excluding steroid dienone is 18. The number of rotatable bonds is 49. The molecule has 0 saturated heterocycles. The van der Waals surface area contributed by atoms with E-state index in [1.807, 2.05) is 0 Å². The molecule has 1 atom stereocenters. The summed E-state index contributed by atoms with van der Waals surface area (Å²) in [6, 6.07) is 0. The van der Waals surface area contributed by atoms with Crippen molar-refractivity contribution < 1.29 is 23.8 Å². The second-order valence-electron chi connectivity index (χ2n) is 17.7. The van der Waals surface area contributed by atoms with E-state index in [1.165, 1.54) is 83.5 Å². The van der Waals surface area contributed by atoms with Gasteiger partial charge in [0.05, 0.1) is 6.61 Å². The van der Waals surface area contributed by atoms with Gasteiger partial charge in [0.1, 0.15) is 6.61 Å². The van der Waals surface area contributed by atoms with Crippen molar-refractivity contribution in [2.45, 2.75) is 245 Å². The molecule has 0 aliphatic heterocycles. The molecule has 376 valence electrons. The molecule has 0 N–H and O–H groups in total. The second kappa shape index (κ2) is 55.9. The van der Waals surface area contributed by atoms with Crippen molar-refractivity contribution in [1.82, 2.24) is 0 Å². The first-order valence-electron chi connectivity index (χ1n) is 27.4. The largest absolute Gasteiger partial charge is 0.462 e. The predicted octanol–water partition coefficient (Wildman–Crippen LogP) is 18.8. The molecule has 0 fully saturated rings. The zero-order valence-electron chi connectivity index (χ0n) is 43.2. The second-order valence-corrected chi connectivity index (χ2v) is 17.7. The van der Waals surface area contributed by atoms with Crippen LogP contribution < -0.4 is 0 Å². The molecule has 0 spiro atoms. The van der Waals surface area contributed by atoms with Crippen molar-refractivity contribution in [3.8, 4) is 0 Å². The van der Waals surface area contributed by atoms with Crippen LogP contribution in [0.25, 0.3) is 0 Å². The lowest BCUT2D eigenvalue weighted by Crippen LogP contribution is -2.30. The third-order valence-corrected chi connectivity index (χ3v) is 11.3. The number of ether oxygens (including phenoxy) is 3. The average molecular weight is 915 g/mol. The van der Waals surface area contributed by atoms with Crippen molar-refractivity contribution in [1.29, 1.82) is 0 Å². The highest BCUT2D eigenvalue weighted by Gasteiger charge is 2.17. The molecule has 0 saturated carbocycles. The lowest BCUT2D eigenvalue weighted by Gasteiger charge is -2.18. The van der Waals surface area contributed by atoms with Crippen LogP contribution in [0.5, 0.6) is 0 Å². The van der Waals surface area contributed by atoms with E-state index in [0.717, 1.165) is 122 Å². The molecule has 0 aliphatic rings.